The molecule has 2 saturated heterocycles. The monoisotopic (exact) mass is 706 g/mol. The van der Waals surface area contributed by atoms with E-state index in [2.05, 4.69) is 0 Å². The Hall–Kier alpha value is -2.82. The van der Waals surface area contributed by atoms with E-state index < -0.39 is 113 Å². The number of allylic oxidation sites excluding steroid dienone is 2. The molecule has 0 aromatic heterocycles. The highest BCUT2D eigenvalue weighted by atomic mass is 32.2. The summed E-state index contributed by atoms with van der Waals surface area (Å²) >= 11 is 0. The molecular weight excluding hydrogens is 668 g/mol. The fourth-order valence-corrected chi connectivity index (χ4v) is 14.8. The fraction of sp³-hybridized carbons (Fsp3) is 0.750. The minimum Gasteiger partial charge on any atom is -0.299 e. The Labute approximate surface area is 278 Å². The third-order valence-corrected chi connectivity index (χ3v) is 16.9. The number of hydrogen-bond acceptors (Lipinski definition) is 12. The summed E-state index contributed by atoms with van der Waals surface area (Å²) in [6.07, 6.45) is 5.62. The van der Waals surface area contributed by atoms with Gasteiger partial charge in [0.25, 0.3) is 43.9 Å². The number of fused-ring (bicyclic) bond motifs is 4. The Morgan fingerprint density at radius 1 is 0.604 bits per heavy atom. The minimum absolute atomic E-state index is 0.0274. The molecule has 48 heavy (non-hydrogen) atoms. The zero-order valence-corrected chi connectivity index (χ0v) is 28.7. The average molecular weight is 707 g/mol. The van der Waals surface area contributed by atoms with Gasteiger partial charge in [0.15, 0.2) is 0 Å². The van der Waals surface area contributed by atoms with Crippen LogP contribution in [0, 0.1) is 69.0 Å². The van der Waals surface area contributed by atoms with Gasteiger partial charge in [-0.2, -0.15) is 16.8 Å². The predicted molar refractivity (Wildman–Crippen MR) is 161 cm³/mol. The molecule has 14 nitrogen and oxygen atoms in total. The quantitative estimate of drug-likeness (QED) is 0.260. The zero-order chi connectivity index (χ0) is 34.7. The van der Waals surface area contributed by atoms with E-state index in [4.69, 9.17) is 8.57 Å². The maximum atomic E-state index is 13.7. The molecule has 0 aromatic rings. The molecule has 7 aliphatic carbocycles. The first-order chi connectivity index (χ1) is 22.2. The van der Waals surface area contributed by atoms with Crippen molar-refractivity contribution in [3.05, 3.63) is 12.2 Å². The molecule has 7 fully saturated rings. The number of imide groups is 2. The lowest BCUT2D eigenvalue weighted by Crippen LogP contribution is -2.50. The van der Waals surface area contributed by atoms with Crippen LogP contribution < -0.4 is 0 Å². The van der Waals surface area contributed by atoms with Gasteiger partial charge in [-0.05, 0) is 48.3 Å². The second-order valence-corrected chi connectivity index (χ2v) is 19.6. The second-order valence-electron chi connectivity index (χ2n) is 16.5. The van der Waals surface area contributed by atoms with Crippen LogP contribution in [0.3, 0.4) is 0 Å². The van der Waals surface area contributed by atoms with Crippen molar-refractivity contribution in [2.45, 2.75) is 66.2 Å². The number of hydrogen-bond donors (Lipinski definition) is 0. The van der Waals surface area contributed by atoms with E-state index in [1.54, 1.807) is 0 Å². The molecular formula is C32H38N2O12S2. The largest absolute Gasteiger partial charge is 0.299 e. The van der Waals surface area contributed by atoms with Crippen LogP contribution in [0.5, 0.6) is 0 Å². The SMILES string of the molecule is CC1(C)C2CCC1(CS(=O)(=O)ON1C(=O)C3C4C=CC(C3C1=O)C1C(=O)N(OS(=O)(=O)CC35CCC(CC3=O)C5(C)C)C(=O)C41)C(=O)C2. The van der Waals surface area contributed by atoms with Gasteiger partial charge in [0, 0.05) is 24.7 Å². The van der Waals surface area contributed by atoms with E-state index in [0.29, 0.717) is 25.7 Å². The first kappa shape index (κ1) is 32.4. The van der Waals surface area contributed by atoms with E-state index >= 15 is 0 Å². The molecule has 0 radical (unpaired) electrons. The van der Waals surface area contributed by atoms with Crippen molar-refractivity contribution >= 4 is 55.4 Å². The lowest BCUT2D eigenvalue weighted by Gasteiger charge is -2.44. The standard InChI is InChI=1S/C32H38N2O12S2/c1-29(2)15-7-9-31(29,19(35)11-15)13-47(41,42)45-33-25(37)21-17-5-6-18(22(21)26(33)38)24-23(17)27(39)34(28(24)40)46-48(43,44)14-32-10-8-16(12-20(32)36)30(32,3)4/h5-6,15-18,21-24H,7-14H2,1-4H3. The van der Waals surface area contributed by atoms with Gasteiger partial charge in [0.1, 0.15) is 11.6 Å². The Morgan fingerprint density at radius 2 is 0.917 bits per heavy atom. The van der Waals surface area contributed by atoms with Crippen LogP contribution in [-0.4, -0.2) is 73.7 Å². The van der Waals surface area contributed by atoms with Crippen molar-refractivity contribution < 1.29 is 54.2 Å². The summed E-state index contributed by atoms with van der Waals surface area (Å²) < 4.78 is 63.9. The van der Waals surface area contributed by atoms with Crippen molar-refractivity contribution in [3.63, 3.8) is 0 Å². The highest BCUT2D eigenvalue weighted by molar-refractivity contribution is 7.87. The molecule has 0 aromatic carbocycles. The fourth-order valence-electron chi connectivity index (χ4n) is 11.4. The van der Waals surface area contributed by atoms with Crippen molar-refractivity contribution in [1.82, 2.24) is 10.1 Å². The molecule has 0 spiro atoms. The molecule has 16 heteroatoms. The molecule has 8 atom stereocenters. The van der Waals surface area contributed by atoms with Crippen LogP contribution in [0.2, 0.25) is 0 Å². The van der Waals surface area contributed by atoms with Gasteiger partial charge in [-0.25, -0.2) is 0 Å². The van der Waals surface area contributed by atoms with E-state index in [-0.39, 0.29) is 46.4 Å². The van der Waals surface area contributed by atoms with Crippen LogP contribution in [-0.2, 0) is 57.6 Å². The van der Waals surface area contributed by atoms with E-state index in [1.165, 1.54) is 12.2 Å². The number of carbonyl (C=O) groups excluding carboxylic acids is 6. The first-order valence-electron chi connectivity index (χ1n) is 16.5. The Kier molecular flexibility index (Phi) is 6.40. The van der Waals surface area contributed by atoms with E-state index in [9.17, 15) is 45.6 Å². The van der Waals surface area contributed by atoms with Crippen molar-refractivity contribution in [1.29, 1.82) is 0 Å². The van der Waals surface area contributed by atoms with Gasteiger partial charge in [0.2, 0.25) is 0 Å². The molecule has 9 rings (SSSR count). The average Bonchev–Trinajstić information content (AvgIpc) is 3.68. The maximum Gasteiger partial charge on any atom is 0.289 e. The topological polar surface area (TPSA) is 196 Å². The summed E-state index contributed by atoms with van der Waals surface area (Å²) in [6.45, 7) is 7.38. The van der Waals surface area contributed by atoms with Crippen molar-refractivity contribution in [3.8, 4) is 0 Å². The number of Topliss-reactive ketones (excluding diaryl/α,β-unsaturated/α-hetero) is 2. The maximum absolute atomic E-state index is 13.7. The van der Waals surface area contributed by atoms with Crippen LogP contribution >= 0.6 is 0 Å². The minimum atomic E-state index is -4.63. The van der Waals surface area contributed by atoms with Gasteiger partial charge >= 0.3 is 0 Å². The van der Waals surface area contributed by atoms with Gasteiger partial charge in [-0.1, -0.05) is 39.8 Å². The van der Waals surface area contributed by atoms with Crippen LogP contribution in [0.4, 0.5) is 0 Å². The van der Waals surface area contributed by atoms with E-state index in [0.717, 1.165) is 0 Å². The van der Waals surface area contributed by atoms with Gasteiger partial charge in [-0.3, -0.25) is 28.8 Å². The number of amides is 4. The third kappa shape index (κ3) is 3.80. The number of carbonyl (C=O) groups is 6. The summed E-state index contributed by atoms with van der Waals surface area (Å²) in [5, 5.41) is 0.410. The molecule has 0 N–H and O–H groups in total. The van der Waals surface area contributed by atoms with Gasteiger partial charge in [0.05, 0.1) is 46.0 Å². The number of rotatable bonds is 8. The van der Waals surface area contributed by atoms with Crippen molar-refractivity contribution in [2.24, 2.45) is 69.0 Å². The molecule has 8 unspecified atom stereocenters. The van der Waals surface area contributed by atoms with Crippen LogP contribution in [0.25, 0.3) is 0 Å². The summed E-state index contributed by atoms with van der Waals surface area (Å²) in [4.78, 5) is 80.7. The molecule has 6 bridgehead atoms. The highest BCUT2D eigenvalue weighted by Gasteiger charge is 2.72. The smallest absolute Gasteiger partial charge is 0.289 e. The van der Waals surface area contributed by atoms with Crippen molar-refractivity contribution in [2.75, 3.05) is 11.5 Å². The van der Waals surface area contributed by atoms with Gasteiger partial charge in [-0.15, -0.1) is 18.7 Å². The summed E-state index contributed by atoms with van der Waals surface area (Å²) in [5.41, 5.74) is -3.62. The van der Waals surface area contributed by atoms with E-state index in [1.807, 2.05) is 27.7 Å². The molecule has 2 heterocycles. The molecule has 260 valence electrons. The lowest BCUT2D eigenvalue weighted by molar-refractivity contribution is -0.166. The number of ketones is 2. The normalized spacial score (nSPS) is 43.3. The highest BCUT2D eigenvalue weighted by Crippen LogP contribution is 2.66. The predicted octanol–water partition coefficient (Wildman–Crippen LogP) is 1.32. The molecule has 9 aliphatic rings. The Morgan fingerprint density at radius 3 is 1.17 bits per heavy atom. The summed E-state index contributed by atoms with van der Waals surface area (Å²) in [5.74, 6) is -12.7. The summed E-state index contributed by atoms with van der Waals surface area (Å²) in [6, 6.07) is 0. The number of nitrogens with zero attached hydrogens (tertiary/aromatic N) is 2. The third-order valence-electron chi connectivity index (χ3n) is 14.4. The zero-order valence-electron chi connectivity index (χ0n) is 27.0. The molecule has 5 saturated carbocycles. The summed E-state index contributed by atoms with van der Waals surface area (Å²) in [7, 11) is -9.25. The van der Waals surface area contributed by atoms with Crippen LogP contribution in [0.1, 0.15) is 66.2 Å². The number of hydroxylamine groups is 4. The lowest BCUT2D eigenvalue weighted by atomic mass is 9.54. The second kappa shape index (κ2) is 9.49. The van der Waals surface area contributed by atoms with Crippen LogP contribution in [0.15, 0.2) is 12.2 Å². The first-order valence-corrected chi connectivity index (χ1v) is 19.7. The Balaban J connectivity index is 1.02. The van der Waals surface area contributed by atoms with Gasteiger partial charge < -0.3 is 0 Å². The Bertz CT molecular complexity index is 1710. The molecule has 2 aliphatic heterocycles. The molecule has 4 amide bonds.